The molecule has 160 valence electrons. The van der Waals surface area contributed by atoms with Crippen LogP contribution in [0.3, 0.4) is 0 Å². The number of benzene rings is 3. The molecule has 32 heavy (non-hydrogen) atoms. The first-order valence-corrected chi connectivity index (χ1v) is 10.4. The molecule has 4 aromatic rings. The van der Waals surface area contributed by atoms with Gasteiger partial charge in [-0.3, -0.25) is 4.79 Å². The van der Waals surface area contributed by atoms with Crippen LogP contribution >= 0.6 is 0 Å². The molecule has 0 saturated heterocycles. The second kappa shape index (κ2) is 9.54. The number of aliphatic hydroxyl groups is 1. The Morgan fingerprint density at radius 3 is 2.38 bits per heavy atom. The van der Waals surface area contributed by atoms with Crippen molar-refractivity contribution in [3.8, 4) is 16.9 Å². The van der Waals surface area contributed by atoms with E-state index in [1.54, 1.807) is 42.1 Å². The van der Waals surface area contributed by atoms with Gasteiger partial charge in [-0.05, 0) is 54.4 Å². The fourth-order valence-electron chi connectivity index (χ4n) is 3.46. The van der Waals surface area contributed by atoms with Crippen molar-refractivity contribution in [3.05, 3.63) is 120 Å². The van der Waals surface area contributed by atoms with Crippen LogP contribution in [0, 0.1) is 5.82 Å². The Bertz CT molecular complexity index is 1220. The molecular weight excluding hydrogens is 405 g/mol. The molecule has 4 nitrogen and oxygen atoms in total. The molecule has 0 aliphatic rings. The number of hydrogen-bond donors (Lipinski definition) is 1. The zero-order valence-corrected chi connectivity index (χ0v) is 17.6. The highest BCUT2D eigenvalue weighted by Crippen LogP contribution is 2.20. The highest BCUT2D eigenvalue weighted by atomic mass is 19.1. The molecule has 1 N–H and O–H groups in total. The molecular formula is C27H23FNO3+. The Kier molecular flexibility index (Phi) is 6.38. The van der Waals surface area contributed by atoms with Crippen molar-refractivity contribution in [1.29, 1.82) is 0 Å². The Balaban J connectivity index is 1.62. The van der Waals surface area contributed by atoms with Gasteiger partial charge in [0.25, 0.3) is 0 Å². The number of ketones is 1. The van der Waals surface area contributed by atoms with Crippen molar-refractivity contribution in [1.82, 2.24) is 0 Å². The van der Waals surface area contributed by atoms with E-state index in [-0.39, 0.29) is 11.6 Å². The number of carbonyl (C=O) groups excluding carboxylic acids is 1. The lowest BCUT2D eigenvalue weighted by molar-refractivity contribution is -0.880. The van der Waals surface area contributed by atoms with Crippen LogP contribution in [-0.4, -0.2) is 17.0 Å². The molecule has 1 aromatic heterocycles. The zero-order valence-electron chi connectivity index (χ0n) is 17.6. The summed E-state index contributed by atoms with van der Waals surface area (Å²) in [6.45, 7) is 1.72. The molecule has 0 spiro atoms. The van der Waals surface area contributed by atoms with Gasteiger partial charge < -0.3 is 5.11 Å². The normalized spacial score (nSPS) is 11.7. The minimum atomic E-state index is -0.553. The van der Waals surface area contributed by atoms with E-state index in [0.717, 1.165) is 16.8 Å². The quantitative estimate of drug-likeness (QED) is 0.341. The minimum absolute atomic E-state index is 0.218. The number of carbonyl (C=O) groups is 1. The SMILES string of the molecule is CC(O)Cc1cc(-c2ccccc2)cc[n+]1Oc1cccc(C(=O)c2ccc(F)cc2)c1. The van der Waals surface area contributed by atoms with Gasteiger partial charge in [0.1, 0.15) is 5.82 Å². The van der Waals surface area contributed by atoms with Crippen LogP contribution < -0.4 is 9.57 Å². The Hall–Kier alpha value is -3.83. The summed E-state index contributed by atoms with van der Waals surface area (Å²) in [5.41, 5.74) is 3.71. The van der Waals surface area contributed by atoms with E-state index in [1.807, 2.05) is 42.5 Å². The van der Waals surface area contributed by atoms with E-state index >= 15 is 0 Å². The molecule has 0 aliphatic heterocycles. The number of hydrogen-bond acceptors (Lipinski definition) is 3. The van der Waals surface area contributed by atoms with E-state index in [9.17, 15) is 14.3 Å². The molecule has 1 unspecified atom stereocenters. The number of rotatable bonds is 7. The predicted octanol–water partition coefficient (Wildman–Crippen LogP) is 4.78. The zero-order chi connectivity index (χ0) is 22.5. The maximum atomic E-state index is 13.2. The molecule has 1 atom stereocenters. The van der Waals surface area contributed by atoms with Gasteiger partial charge in [0.2, 0.25) is 17.6 Å². The van der Waals surface area contributed by atoms with Gasteiger partial charge in [-0.1, -0.05) is 42.5 Å². The molecule has 0 amide bonds. The molecule has 0 saturated carbocycles. The van der Waals surface area contributed by atoms with Crippen molar-refractivity contribution in [2.24, 2.45) is 0 Å². The first kappa shape index (κ1) is 21.4. The summed E-state index contributed by atoms with van der Waals surface area (Å²) in [4.78, 5) is 18.8. The first-order chi connectivity index (χ1) is 15.5. The van der Waals surface area contributed by atoms with Crippen LogP contribution in [0.25, 0.3) is 11.1 Å². The van der Waals surface area contributed by atoms with Gasteiger partial charge >= 0.3 is 0 Å². The summed E-state index contributed by atoms with van der Waals surface area (Å²) < 4.78 is 14.8. The lowest BCUT2D eigenvalue weighted by atomic mass is 10.0. The summed E-state index contributed by atoms with van der Waals surface area (Å²) in [5.74, 6) is -0.133. The van der Waals surface area contributed by atoms with Gasteiger partial charge in [-0.15, -0.1) is 0 Å². The van der Waals surface area contributed by atoms with Crippen LogP contribution in [0.4, 0.5) is 4.39 Å². The van der Waals surface area contributed by atoms with Crippen molar-refractivity contribution in [3.63, 3.8) is 0 Å². The first-order valence-electron chi connectivity index (χ1n) is 10.4. The van der Waals surface area contributed by atoms with E-state index < -0.39 is 6.10 Å². The van der Waals surface area contributed by atoms with E-state index in [4.69, 9.17) is 4.84 Å². The maximum Gasteiger partial charge on any atom is 0.238 e. The minimum Gasteiger partial charge on any atom is -0.393 e. The number of pyridine rings is 1. The molecule has 5 heteroatoms. The average Bonchev–Trinajstić information content (AvgIpc) is 2.81. The number of nitrogens with zero attached hydrogens (tertiary/aromatic N) is 1. The number of aromatic nitrogens is 1. The van der Waals surface area contributed by atoms with E-state index in [0.29, 0.717) is 23.3 Å². The summed E-state index contributed by atoms with van der Waals surface area (Å²) in [5, 5.41) is 9.98. The van der Waals surface area contributed by atoms with Gasteiger partial charge in [0.15, 0.2) is 5.78 Å². The van der Waals surface area contributed by atoms with E-state index in [2.05, 4.69) is 0 Å². The van der Waals surface area contributed by atoms with Crippen LogP contribution in [0.5, 0.6) is 5.75 Å². The molecule has 0 bridgehead atoms. The standard InChI is InChI=1S/C27H23FNO3/c1-19(30)16-25-17-22(20-6-3-2-4-7-20)14-15-29(25)32-26-9-5-8-23(18-26)27(31)21-10-12-24(28)13-11-21/h2-15,17-19,30H,16H2,1H3/q+1. The Morgan fingerprint density at radius 2 is 1.66 bits per heavy atom. The van der Waals surface area contributed by atoms with Crippen molar-refractivity contribution < 1.29 is 23.9 Å². The third-order valence-corrected chi connectivity index (χ3v) is 5.01. The fourth-order valence-corrected chi connectivity index (χ4v) is 3.46. The highest BCUT2D eigenvalue weighted by Gasteiger charge is 2.19. The van der Waals surface area contributed by atoms with E-state index in [1.165, 1.54) is 24.3 Å². The molecule has 4 rings (SSSR count). The molecule has 0 radical (unpaired) electrons. The molecule has 1 heterocycles. The van der Waals surface area contributed by atoms with Gasteiger partial charge in [-0.2, -0.15) is 0 Å². The molecule has 0 fully saturated rings. The second-order valence-corrected chi connectivity index (χ2v) is 7.61. The lowest BCUT2D eigenvalue weighted by Gasteiger charge is -2.08. The third-order valence-electron chi connectivity index (χ3n) is 5.01. The third kappa shape index (κ3) is 5.07. The lowest BCUT2D eigenvalue weighted by Crippen LogP contribution is -2.44. The topological polar surface area (TPSA) is 50.4 Å². The van der Waals surface area contributed by atoms with Gasteiger partial charge in [-0.25, -0.2) is 9.23 Å². The van der Waals surface area contributed by atoms with Gasteiger partial charge in [0.05, 0.1) is 12.5 Å². The Morgan fingerprint density at radius 1 is 0.906 bits per heavy atom. The smallest absolute Gasteiger partial charge is 0.238 e. The van der Waals surface area contributed by atoms with Crippen molar-refractivity contribution >= 4 is 5.78 Å². The van der Waals surface area contributed by atoms with Crippen molar-refractivity contribution in [2.75, 3.05) is 0 Å². The van der Waals surface area contributed by atoms with Crippen LogP contribution in [0.15, 0.2) is 97.2 Å². The van der Waals surface area contributed by atoms with Crippen LogP contribution in [-0.2, 0) is 6.42 Å². The predicted molar refractivity (Wildman–Crippen MR) is 120 cm³/mol. The summed E-state index contributed by atoms with van der Waals surface area (Å²) in [7, 11) is 0. The Labute approximate surface area is 186 Å². The van der Waals surface area contributed by atoms with Crippen LogP contribution in [0.1, 0.15) is 28.5 Å². The largest absolute Gasteiger partial charge is 0.393 e. The summed E-state index contributed by atoms with van der Waals surface area (Å²) in [6.07, 6.45) is 1.64. The molecule has 0 aliphatic carbocycles. The van der Waals surface area contributed by atoms with Crippen molar-refractivity contribution in [2.45, 2.75) is 19.4 Å². The second-order valence-electron chi connectivity index (χ2n) is 7.61. The van der Waals surface area contributed by atoms with Gasteiger partial charge in [0, 0.05) is 28.0 Å². The number of aliphatic hydroxyl groups excluding tert-OH is 1. The fraction of sp³-hybridized carbons (Fsp3) is 0.111. The summed E-state index contributed by atoms with van der Waals surface area (Å²) in [6, 6.07) is 26.2. The average molecular weight is 428 g/mol. The van der Waals surface area contributed by atoms with Crippen LogP contribution in [0.2, 0.25) is 0 Å². The highest BCUT2D eigenvalue weighted by molar-refractivity contribution is 6.09. The maximum absolute atomic E-state index is 13.2. The number of halogens is 1. The molecule has 3 aromatic carbocycles. The monoisotopic (exact) mass is 428 g/mol. The summed E-state index contributed by atoms with van der Waals surface area (Å²) >= 11 is 0.